The lowest BCUT2D eigenvalue weighted by atomic mass is 10.0. The van der Waals surface area contributed by atoms with Gasteiger partial charge in [-0.2, -0.15) is 0 Å². The number of nitrogens with one attached hydrogen (secondary N) is 1. The van der Waals surface area contributed by atoms with Gasteiger partial charge >= 0.3 is 0 Å². The summed E-state index contributed by atoms with van der Waals surface area (Å²) in [7, 11) is 0. The Morgan fingerprint density at radius 1 is 1.48 bits per heavy atom. The fourth-order valence-electron chi connectivity index (χ4n) is 2.83. The minimum atomic E-state index is -0.133. The fourth-order valence-corrected chi connectivity index (χ4v) is 2.92. The first kappa shape index (κ1) is 15.9. The van der Waals surface area contributed by atoms with Crippen LogP contribution >= 0.6 is 12.2 Å². The van der Waals surface area contributed by atoms with Crippen LogP contribution in [0.5, 0.6) is 0 Å². The first-order valence-corrected chi connectivity index (χ1v) is 7.82. The third-order valence-corrected chi connectivity index (χ3v) is 4.15. The number of amides is 1. The van der Waals surface area contributed by atoms with Gasteiger partial charge in [-0.3, -0.25) is 9.69 Å². The molecule has 0 fully saturated rings. The van der Waals surface area contributed by atoms with Crippen molar-refractivity contribution in [3.8, 4) is 0 Å². The molecule has 1 aliphatic heterocycles. The van der Waals surface area contributed by atoms with Gasteiger partial charge in [0.25, 0.3) is 0 Å². The van der Waals surface area contributed by atoms with Crippen LogP contribution in [0.15, 0.2) is 24.3 Å². The Kier molecular flexibility index (Phi) is 5.31. The minimum Gasteiger partial charge on any atom is -0.393 e. The average Bonchev–Trinajstić information content (AvgIpc) is 2.58. The number of hydrogen-bond acceptors (Lipinski definition) is 3. The average molecular weight is 305 g/mol. The quantitative estimate of drug-likeness (QED) is 0.820. The topological polar surface area (TPSA) is 58.4 Å². The van der Waals surface area contributed by atoms with E-state index in [2.05, 4.69) is 30.1 Å². The summed E-state index contributed by atoms with van der Waals surface area (Å²) in [5.41, 5.74) is 7.74. The van der Waals surface area contributed by atoms with Crippen molar-refractivity contribution in [1.82, 2.24) is 4.90 Å². The summed E-state index contributed by atoms with van der Waals surface area (Å²) >= 11 is 4.97. The number of fused-ring (bicyclic) bond motifs is 1. The molecule has 0 radical (unpaired) electrons. The molecule has 1 aromatic rings. The summed E-state index contributed by atoms with van der Waals surface area (Å²) in [6.45, 7) is 4.93. The second-order valence-electron chi connectivity index (χ2n) is 5.75. The molecule has 1 aliphatic rings. The molecule has 4 nitrogen and oxygen atoms in total. The number of aryl methyl sites for hydroxylation is 1. The zero-order chi connectivity index (χ0) is 15.4. The lowest BCUT2D eigenvalue weighted by molar-refractivity contribution is -0.122. The Bertz CT molecular complexity index is 530. The standard InChI is InChI=1S/C16H23N3OS/c1-11(2)19(10-9-15(17)21)14-8-7-12-5-3-4-6-13(12)18-16(14)20/h3-6,11,14H,7-10H2,1-2H3,(H2,17,21)(H,18,20). The van der Waals surface area contributed by atoms with Gasteiger partial charge in [0, 0.05) is 24.7 Å². The van der Waals surface area contributed by atoms with E-state index in [1.54, 1.807) is 0 Å². The lowest BCUT2D eigenvalue weighted by Gasteiger charge is -2.33. The van der Waals surface area contributed by atoms with Gasteiger partial charge < -0.3 is 11.1 Å². The molecule has 0 saturated heterocycles. The number of rotatable bonds is 5. The molecule has 3 N–H and O–H groups in total. The Morgan fingerprint density at radius 2 is 2.19 bits per heavy atom. The van der Waals surface area contributed by atoms with E-state index in [1.165, 1.54) is 5.56 Å². The molecule has 21 heavy (non-hydrogen) atoms. The van der Waals surface area contributed by atoms with E-state index in [0.717, 1.165) is 25.1 Å². The molecule has 114 valence electrons. The number of anilines is 1. The van der Waals surface area contributed by atoms with Crippen LogP contribution in [0.3, 0.4) is 0 Å². The fraction of sp³-hybridized carbons (Fsp3) is 0.500. The zero-order valence-corrected chi connectivity index (χ0v) is 13.5. The van der Waals surface area contributed by atoms with Crippen LogP contribution < -0.4 is 11.1 Å². The van der Waals surface area contributed by atoms with Crippen molar-refractivity contribution in [2.45, 2.75) is 45.2 Å². The molecular weight excluding hydrogens is 282 g/mol. The largest absolute Gasteiger partial charge is 0.393 e. The molecule has 1 heterocycles. The van der Waals surface area contributed by atoms with Crippen LogP contribution in [0, 0.1) is 0 Å². The summed E-state index contributed by atoms with van der Waals surface area (Å²) in [6.07, 6.45) is 2.36. The van der Waals surface area contributed by atoms with E-state index in [9.17, 15) is 4.79 Å². The van der Waals surface area contributed by atoms with Crippen molar-refractivity contribution < 1.29 is 4.79 Å². The van der Waals surface area contributed by atoms with Gasteiger partial charge in [-0.15, -0.1) is 0 Å². The van der Waals surface area contributed by atoms with E-state index in [0.29, 0.717) is 11.4 Å². The lowest BCUT2D eigenvalue weighted by Crippen LogP contribution is -2.48. The van der Waals surface area contributed by atoms with Crippen LogP contribution in [-0.2, 0) is 11.2 Å². The van der Waals surface area contributed by atoms with Crippen molar-refractivity contribution in [2.24, 2.45) is 5.73 Å². The summed E-state index contributed by atoms with van der Waals surface area (Å²) in [4.78, 5) is 15.2. The van der Waals surface area contributed by atoms with E-state index < -0.39 is 0 Å². The maximum absolute atomic E-state index is 12.6. The van der Waals surface area contributed by atoms with Gasteiger partial charge in [0.15, 0.2) is 0 Å². The van der Waals surface area contributed by atoms with E-state index in [-0.39, 0.29) is 18.0 Å². The second kappa shape index (κ2) is 7.00. The number of para-hydroxylation sites is 1. The number of hydrogen-bond donors (Lipinski definition) is 2. The first-order chi connectivity index (χ1) is 9.99. The first-order valence-electron chi connectivity index (χ1n) is 7.42. The molecule has 5 heteroatoms. The van der Waals surface area contributed by atoms with Crippen LogP contribution in [0.2, 0.25) is 0 Å². The Labute approximate surface area is 131 Å². The predicted octanol–water partition coefficient (Wildman–Crippen LogP) is 2.33. The highest BCUT2D eigenvalue weighted by Crippen LogP contribution is 2.24. The van der Waals surface area contributed by atoms with E-state index in [1.807, 2.05) is 18.2 Å². The predicted molar refractivity (Wildman–Crippen MR) is 90.4 cm³/mol. The number of carbonyl (C=O) groups excluding carboxylic acids is 1. The normalized spacial score (nSPS) is 18.3. The monoisotopic (exact) mass is 305 g/mol. The van der Waals surface area contributed by atoms with Crippen molar-refractivity contribution in [3.05, 3.63) is 29.8 Å². The molecule has 1 atom stereocenters. The summed E-state index contributed by atoms with van der Waals surface area (Å²) < 4.78 is 0. The molecule has 1 unspecified atom stereocenters. The number of thiocarbonyl (C=S) groups is 1. The van der Waals surface area contributed by atoms with Gasteiger partial charge in [-0.25, -0.2) is 0 Å². The van der Waals surface area contributed by atoms with Crippen molar-refractivity contribution >= 4 is 28.8 Å². The third kappa shape index (κ3) is 4.02. The van der Waals surface area contributed by atoms with Gasteiger partial charge in [0.1, 0.15) is 0 Å². The zero-order valence-electron chi connectivity index (χ0n) is 12.6. The summed E-state index contributed by atoms with van der Waals surface area (Å²) in [6, 6.07) is 8.14. The number of benzene rings is 1. The Balaban J connectivity index is 2.15. The SMILES string of the molecule is CC(C)N(CCC(N)=S)C1CCc2ccccc2NC1=O. The van der Waals surface area contributed by atoms with Crippen LogP contribution in [0.25, 0.3) is 0 Å². The Hall–Kier alpha value is -1.46. The maximum atomic E-state index is 12.6. The highest BCUT2D eigenvalue weighted by Gasteiger charge is 2.30. The molecule has 0 saturated carbocycles. The third-order valence-electron chi connectivity index (χ3n) is 3.95. The maximum Gasteiger partial charge on any atom is 0.241 e. The molecular formula is C16H23N3OS. The van der Waals surface area contributed by atoms with Crippen LogP contribution in [0.1, 0.15) is 32.3 Å². The van der Waals surface area contributed by atoms with Gasteiger partial charge in [0.2, 0.25) is 5.91 Å². The molecule has 0 bridgehead atoms. The summed E-state index contributed by atoms with van der Waals surface area (Å²) in [5, 5.41) is 3.05. The number of nitrogens with two attached hydrogens (primary N) is 1. The molecule has 0 aliphatic carbocycles. The van der Waals surface area contributed by atoms with Crippen molar-refractivity contribution in [3.63, 3.8) is 0 Å². The van der Waals surface area contributed by atoms with Gasteiger partial charge in [-0.05, 0) is 38.3 Å². The molecule has 1 aromatic carbocycles. The second-order valence-corrected chi connectivity index (χ2v) is 6.27. The van der Waals surface area contributed by atoms with E-state index >= 15 is 0 Å². The minimum absolute atomic E-state index is 0.0663. The summed E-state index contributed by atoms with van der Waals surface area (Å²) in [5.74, 6) is 0.0663. The molecule has 0 spiro atoms. The highest BCUT2D eigenvalue weighted by atomic mass is 32.1. The van der Waals surface area contributed by atoms with Crippen LogP contribution in [-0.4, -0.2) is 34.4 Å². The molecule has 1 amide bonds. The number of nitrogens with zero attached hydrogens (tertiary/aromatic N) is 1. The van der Waals surface area contributed by atoms with Crippen LogP contribution in [0.4, 0.5) is 5.69 Å². The Morgan fingerprint density at radius 3 is 2.86 bits per heavy atom. The highest BCUT2D eigenvalue weighted by molar-refractivity contribution is 7.80. The molecule has 2 rings (SSSR count). The molecule has 0 aromatic heterocycles. The van der Waals surface area contributed by atoms with Crippen molar-refractivity contribution in [1.29, 1.82) is 0 Å². The van der Waals surface area contributed by atoms with Gasteiger partial charge in [0.05, 0.1) is 11.0 Å². The van der Waals surface area contributed by atoms with E-state index in [4.69, 9.17) is 18.0 Å². The van der Waals surface area contributed by atoms with Crippen molar-refractivity contribution in [2.75, 3.05) is 11.9 Å². The number of carbonyl (C=O) groups is 1. The smallest absolute Gasteiger partial charge is 0.241 e. The van der Waals surface area contributed by atoms with Gasteiger partial charge in [-0.1, -0.05) is 30.4 Å².